The third kappa shape index (κ3) is 3.56. The SMILES string of the molecule is CCCOC(=O)c1cccc(S(=O)(=O)CC)c1. The summed E-state index contributed by atoms with van der Waals surface area (Å²) >= 11 is 0. The maximum atomic E-state index is 11.6. The Labute approximate surface area is 102 Å². The molecular weight excluding hydrogens is 240 g/mol. The molecule has 1 aromatic carbocycles. The Morgan fingerprint density at radius 1 is 1.29 bits per heavy atom. The highest BCUT2D eigenvalue weighted by Gasteiger charge is 2.14. The minimum atomic E-state index is -3.28. The summed E-state index contributed by atoms with van der Waals surface area (Å²) in [6, 6.07) is 5.93. The molecule has 5 heteroatoms. The van der Waals surface area contributed by atoms with Gasteiger partial charge in [0.1, 0.15) is 0 Å². The van der Waals surface area contributed by atoms with Crippen molar-refractivity contribution in [2.75, 3.05) is 12.4 Å². The lowest BCUT2D eigenvalue weighted by molar-refractivity contribution is 0.0505. The Hall–Kier alpha value is -1.36. The van der Waals surface area contributed by atoms with Gasteiger partial charge < -0.3 is 4.74 Å². The van der Waals surface area contributed by atoms with E-state index in [0.717, 1.165) is 6.42 Å². The van der Waals surface area contributed by atoms with Gasteiger partial charge in [0.15, 0.2) is 9.84 Å². The molecule has 0 saturated heterocycles. The van der Waals surface area contributed by atoms with Crippen molar-refractivity contribution in [3.8, 4) is 0 Å². The predicted octanol–water partition coefficient (Wildman–Crippen LogP) is 2.05. The van der Waals surface area contributed by atoms with Crippen LogP contribution in [0.3, 0.4) is 0 Å². The molecule has 0 bridgehead atoms. The molecule has 0 aromatic heterocycles. The maximum absolute atomic E-state index is 11.6. The van der Waals surface area contributed by atoms with Gasteiger partial charge in [0.2, 0.25) is 0 Å². The molecule has 1 rings (SSSR count). The van der Waals surface area contributed by atoms with Crippen molar-refractivity contribution in [1.82, 2.24) is 0 Å². The summed E-state index contributed by atoms with van der Waals surface area (Å²) in [6.45, 7) is 3.80. The van der Waals surface area contributed by atoms with Gasteiger partial charge in [-0.2, -0.15) is 0 Å². The van der Waals surface area contributed by atoms with E-state index in [1.165, 1.54) is 12.1 Å². The number of carbonyl (C=O) groups excluding carboxylic acids is 1. The molecule has 0 saturated carbocycles. The second-order valence-electron chi connectivity index (χ2n) is 3.57. The number of carbonyl (C=O) groups is 1. The fourth-order valence-corrected chi connectivity index (χ4v) is 2.19. The monoisotopic (exact) mass is 256 g/mol. The number of hydrogen-bond acceptors (Lipinski definition) is 4. The lowest BCUT2D eigenvalue weighted by Crippen LogP contribution is -2.08. The number of ether oxygens (including phenoxy) is 1. The number of hydrogen-bond donors (Lipinski definition) is 0. The largest absolute Gasteiger partial charge is 0.462 e. The Morgan fingerprint density at radius 2 is 2.00 bits per heavy atom. The Balaban J connectivity index is 2.98. The lowest BCUT2D eigenvalue weighted by Gasteiger charge is -2.05. The number of benzene rings is 1. The van der Waals surface area contributed by atoms with Crippen LogP contribution in [-0.2, 0) is 14.6 Å². The van der Waals surface area contributed by atoms with E-state index in [-0.39, 0.29) is 16.2 Å². The summed E-state index contributed by atoms with van der Waals surface area (Å²) in [7, 11) is -3.28. The number of rotatable bonds is 5. The normalized spacial score (nSPS) is 11.2. The van der Waals surface area contributed by atoms with Gasteiger partial charge in [0.25, 0.3) is 0 Å². The minimum absolute atomic E-state index is 0.0143. The van der Waals surface area contributed by atoms with E-state index in [9.17, 15) is 13.2 Å². The molecular formula is C12H16O4S. The van der Waals surface area contributed by atoms with E-state index in [1.807, 2.05) is 6.92 Å². The molecule has 4 nitrogen and oxygen atoms in total. The molecule has 0 radical (unpaired) electrons. The van der Waals surface area contributed by atoms with E-state index in [1.54, 1.807) is 19.1 Å². The van der Waals surface area contributed by atoms with E-state index in [2.05, 4.69) is 0 Å². The van der Waals surface area contributed by atoms with Gasteiger partial charge in [0.05, 0.1) is 22.8 Å². The molecule has 0 spiro atoms. The molecule has 0 aliphatic rings. The van der Waals surface area contributed by atoms with E-state index >= 15 is 0 Å². The van der Waals surface area contributed by atoms with Crippen LogP contribution < -0.4 is 0 Å². The average Bonchev–Trinajstić information content (AvgIpc) is 2.36. The summed E-state index contributed by atoms with van der Waals surface area (Å²) < 4.78 is 28.2. The number of esters is 1. The average molecular weight is 256 g/mol. The summed E-state index contributed by atoms with van der Waals surface area (Å²) in [6.07, 6.45) is 0.735. The van der Waals surface area contributed by atoms with Crippen LogP contribution in [0.25, 0.3) is 0 Å². The van der Waals surface area contributed by atoms with E-state index in [0.29, 0.717) is 6.61 Å². The van der Waals surface area contributed by atoms with Crippen molar-refractivity contribution in [3.05, 3.63) is 29.8 Å². The third-order valence-corrected chi connectivity index (χ3v) is 3.98. The zero-order valence-electron chi connectivity index (χ0n) is 9.97. The van der Waals surface area contributed by atoms with Crippen molar-refractivity contribution < 1.29 is 17.9 Å². The molecule has 1 aromatic rings. The fourth-order valence-electron chi connectivity index (χ4n) is 1.26. The quantitative estimate of drug-likeness (QED) is 0.756. The Bertz CT molecular complexity index is 491. The highest BCUT2D eigenvalue weighted by atomic mass is 32.2. The van der Waals surface area contributed by atoms with Crippen LogP contribution in [0.5, 0.6) is 0 Å². The van der Waals surface area contributed by atoms with Gasteiger partial charge in [-0.25, -0.2) is 13.2 Å². The van der Waals surface area contributed by atoms with Crippen LogP contribution in [0.4, 0.5) is 0 Å². The van der Waals surface area contributed by atoms with Crippen molar-refractivity contribution >= 4 is 15.8 Å². The molecule has 0 fully saturated rings. The van der Waals surface area contributed by atoms with Crippen LogP contribution in [0, 0.1) is 0 Å². The van der Waals surface area contributed by atoms with Gasteiger partial charge in [0, 0.05) is 0 Å². The molecule has 0 atom stereocenters. The van der Waals surface area contributed by atoms with Crippen LogP contribution >= 0.6 is 0 Å². The molecule has 94 valence electrons. The first-order valence-corrected chi connectivity index (χ1v) is 7.16. The highest BCUT2D eigenvalue weighted by Crippen LogP contribution is 2.14. The summed E-state index contributed by atoms with van der Waals surface area (Å²) in [4.78, 5) is 11.7. The Kier molecular flexibility index (Phi) is 4.69. The van der Waals surface area contributed by atoms with Crippen molar-refractivity contribution in [2.24, 2.45) is 0 Å². The van der Waals surface area contributed by atoms with Gasteiger partial charge in [-0.05, 0) is 24.6 Å². The number of sulfone groups is 1. The second-order valence-corrected chi connectivity index (χ2v) is 5.85. The summed E-state index contributed by atoms with van der Waals surface area (Å²) in [5.74, 6) is -0.472. The van der Waals surface area contributed by atoms with Crippen molar-refractivity contribution in [3.63, 3.8) is 0 Å². The standard InChI is InChI=1S/C12H16O4S/c1-3-8-16-12(13)10-6-5-7-11(9-10)17(14,15)4-2/h5-7,9H,3-4,8H2,1-2H3. The van der Waals surface area contributed by atoms with Crippen LogP contribution in [-0.4, -0.2) is 26.7 Å². The maximum Gasteiger partial charge on any atom is 0.338 e. The predicted molar refractivity (Wildman–Crippen MR) is 64.7 cm³/mol. The molecule has 17 heavy (non-hydrogen) atoms. The van der Waals surface area contributed by atoms with Gasteiger partial charge >= 0.3 is 5.97 Å². The highest BCUT2D eigenvalue weighted by molar-refractivity contribution is 7.91. The smallest absolute Gasteiger partial charge is 0.338 e. The van der Waals surface area contributed by atoms with E-state index < -0.39 is 15.8 Å². The first-order chi connectivity index (χ1) is 8.01. The lowest BCUT2D eigenvalue weighted by atomic mass is 10.2. The van der Waals surface area contributed by atoms with Crippen LogP contribution in [0.15, 0.2) is 29.2 Å². The van der Waals surface area contributed by atoms with Gasteiger partial charge in [-0.1, -0.05) is 19.9 Å². The van der Waals surface area contributed by atoms with Crippen LogP contribution in [0.2, 0.25) is 0 Å². The van der Waals surface area contributed by atoms with E-state index in [4.69, 9.17) is 4.74 Å². The zero-order chi connectivity index (χ0) is 12.9. The second kappa shape index (κ2) is 5.82. The van der Waals surface area contributed by atoms with Gasteiger partial charge in [-0.3, -0.25) is 0 Å². The van der Waals surface area contributed by atoms with Crippen molar-refractivity contribution in [1.29, 1.82) is 0 Å². The van der Waals surface area contributed by atoms with Crippen LogP contribution in [0.1, 0.15) is 30.6 Å². The van der Waals surface area contributed by atoms with Crippen molar-refractivity contribution in [2.45, 2.75) is 25.2 Å². The fraction of sp³-hybridized carbons (Fsp3) is 0.417. The molecule has 0 heterocycles. The molecule has 0 aliphatic carbocycles. The first-order valence-electron chi connectivity index (χ1n) is 5.51. The topological polar surface area (TPSA) is 60.4 Å². The molecule has 0 unspecified atom stereocenters. The molecule has 0 amide bonds. The Morgan fingerprint density at radius 3 is 2.59 bits per heavy atom. The summed E-state index contributed by atoms with van der Waals surface area (Å²) in [5, 5.41) is 0. The van der Waals surface area contributed by atoms with Gasteiger partial charge in [-0.15, -0.1) is 0 Å². The summed E-state index contributed by atoms with van der Waals surface area (Å²) in [5.41, 5.74) is 0.271. The first kappa shape index (κ1) is 13.7. The minimum Gasteiger partial charge on any atom is -0.462 e. The molecule has 0 aliphatic heterocycles. The molecule has 0 N–H and O–H groups in total. The zero-order valence-corrected chi connectivity index (χ0v) is 10.8. The third-order valence-electron chi connectivity index (χ3n) is 2.25.